The maximum atomic E-state index is 8.44. The van der Waals surface area contributed by atoms with E-state index in [4.69, 9.17) is 5.11 Å². The number of hydrogen-bond acceptors (Lipinski definition) is 2. The van der Waals surface area contributed by atoms with Crippen LogP contribution in [0.1, 0.15) is 5.56 Å². The van der Waals surface area contributed by atoms with Crippen molar-refractivity contribution in [2.75, 3.05) is 6.61 Å². The summed E-state index contributed by atoms with van der Waals surface area (Å²) < 4.78 is 0. The van der Waals surface area contributed by atoms with Gasteiger partial charge in [-0.1, -0.05) is 18.2 Å². The fraction of sp³-hybridized carbons (Fsp3) is 0.222. The summed E-state index contributed by atoms with van der Waals surface area (Å²) in [5.74, 6) is 0. The lowest BCUT2D eigenvalue weighted by atomic mass is 10.2. The zero-order chi connectivity index (χ0) is 7.94. The Morgan fingerprint density at radius 3 is 3.00 bits per heavy atom. The van der Waals surface area contributed by atoms with Gasteiger partial charge in [-0.3, -0.25) is 4.98 Å². The number of nitrogens with zero attached hydrogens (tertiary/aromatic N) is 1. The maximum Gasteiger partial charge on any atom is 0.0612 e. The first-order chi connectivity index (χ1) is 5.43. The summed E-state index contributed by atoms with van der Waals surface area (Å²) in [6.45, 7) is 0.111. The summed E-state index contributed by atoms with van der Waals surface area (Å²) in [4.78, 5) is 3.97. The van der Waals surface area contributed by atoms with Crippen LogP contribution >= 0.6 is 0 Å². The van der Waals surface area contributed by atoms with E-state index in [-0.39, 0.29) is 6.61 Å². The minimum Gasteiger partial charge on any atom is -0.392 e. The topological polar surface area (TPSA) is 33.1 Å². The first-order valence-corrected chi connectivity index (χ1v) is 3.58. The molecule has 0 saturated heterocycles. The molecule has 2 nitrogen and oxygen atoms in total. The first kappa shape index (κ1) is 7.95. The highest BCUT2D eigenvalue weighted by atomic mass is 16.2. The van der Waals surface area contributed by atoms with Crippen molar-refractivity contribution < 1.29 is 5.11 Å². The van der Waals surface area contributed by atoms with E-state index in [0.29, 0.717) is 0 Å². The smallest absolute Gasteiger partial charge is 0.0612 e. The van der Waals surface area contributed by atoms with Gasteiger partial charge in [-0.2, -0.15) is 0 Å². The molecule has 1 N–H and O–H groups in total. The molecule has 0 amide bonds. The predicted molar refractivity (Wildman–Crippen MR) is 44.2 cm³/mol. The van der Waals surface area contributed by atoms with Crippen LogP contribution in [0.5, 0.6) is 0 Å². The Kier molecular flexibility index (Phi) is 3.35. The van der Waals surface area contributed by atoms with Crippen molar-refractivity contribution >= 4 is 0 Å². The van der Waals surface area contributed by atoms with Gasteiger partial charge >= 0.3 is 0 Å². The van der Waals surface area contributed by atoms with E-state index >= 15 is 0 Å². The Hall–Kier alpha value is -1.15. The molecule has 1 aromatic heterocycles. The van der Waals surface area contributed by atoms with Gasteiger partial charge in [-0.15, -0.1) is 0 Å². The van der Waals surface area contributed by atoms with E-state index in [2.05, 4.69) is 4.98 Å². The molecule has 1 heterocycles. The van der Waals surface area contributed by atoms with Crippen LogP contribution in [-0.4, -0.2) is 16.7 Å². The monoisotopic (exact) mass is 149 g/mol. The van der Waals surface area contributed by atoms with Gasteiger partial charge in [0.25, 0.3) is 0 Å². The van der Waals surface area contributed by atoms with E-state index in [9.17, 15) is 0 Å². The lowest BCUT2D eigenvalue weighted by molar-refractivity contribution is 0.342. The van der Waals surface area contributed by atoms with Gasteiger partial charge in [0.2, 0.25) is 0 Å². The highest BCUT2D eigenvalue weighted by Gasteiger charge is 1.84. The van der Waals surface area contributed by atoms with E-state index in [0.717, 1.165) is 12.0 Å². The molecule has 0 aliphatic heterocycles. The van der Waals surface area contributed by atoms with Crippen LogP contribution in [0.25, 0.3) is 0 Å². The molecule has 2 heteroatoms. The average Bonchev–Trinajstić information content (AvgIpc) is 2.07. The molecule has 0 radical (unpaired) electrons. The highest BCUT2D eigenvalue weighted by molar-refractivity contribution is 5.12. The third-order valence-corrected chi connectivity index (χ3v) is 1.35. The molecule has 0 bridgehead atoms. The minimum atomic E-state index is 0.111. The highest BCUT2D eigenvalue weighted by Crippen LogP contribution is 1.96. The van der Waals surface area contributed by atoms with Gasteiger partial charge in [-0.25, -0.2) is 0 Å². The van der Waals surface area contributed by atoms with Gasteiger partial charge in [-0.05, 0) is 18.1 Å². The van der Waals surface area contributed by atoms with Crippen LogP contribution in [0, 0.1) is 0 Å². The number of hydrogen-bond donors (Lipinski definition) is 1. The molecule has 1 aromatic rings. The largest absolute Gasteiger partial charge is 0.392 e. The van der Waals surface area contributed by atoms with Crippen LogP contribution < -0.4 is 0 Å². The predicted octanol–water partition coefficient (Wildman–Crippen LogP) is 1.17. The average molecular weight is 149 g/mol. The third kappa shape index (κ3) is 2.96. The van der Waals surface area contributed by atoms with Gasteiger partial charge < -0.3 is 5.11 Å². The number of rotatable bonds is 3. The van der Waals surface area contributed by atoms with Gasteiger partial charge in [0.15, 0.2) is 0 Å². The second kappa shape index (κ2) is 4.63. The molecule has 58 valence electrons. The van der Waals surface area contributed by atoms with Crippen LogP contribution in [0.4, 0.5) is 0 Å². The molecule has 0 aliphatic rings. The summed E-state index contributed by atoms with van der Waals surface area (Å²) in [5.41, 5.74) is 1.16. The molecule has 0 spiro atoms. The third-order valence-electron chi connectivity index (χ3n) is 1.35. The molecule has 0 aromatic carbocycles. The molecule has 11 heavy (non-hydrogen) atoms. The van der Waals surface area contributed by atoms with E-state index < -0.39 is 0 Å². The molecule has 0 atom stereocenters. The van der Waals surface area contributed by atoms with Gasteiger partial charge in [0.05, 0.1) is 6.61 Å². The van der Waals surface area contributed by atoms with Crippen molar-refractivity contribution in [3.8, 4) is 0 Å². The number of aromatic nitrogens is 1. The first-order valence-electron chi connectivity index (χ1n) is 3.58. The van der Waals surface area contributed by atoms with Crippen molar-refractivity contribution in [2.24, 2.45) is 0 Å². The lowest BCUT2D eigenvalue weighted by Gasteiger charge is -1.91. The SMILES string of the molecule is OCC=CCc1cccnc1. The molecule has 0 unspecified atom stereocenters. The lowest BCUT2D eigenvalue weighted by Crippen LogP contribution is -1.81. The zero-order valence-corrected chi connectivity index (χ0v) is 6.27. The van der Waals surface area contributed by atoms with Crippen LogP contribution in [0.15, 0.2) is 36.7 Å². The van der Waals surface area contributed by atoms with Crippen LogP contribution in [0.2, 0.25) is 0 Å². The van der Waals surface area contributed by atoms with E-state index in [1.807, 2.05) is 24.4 Å². The zero-order valence-electron chi connectivity index (χ0n) is 6.27. The van der Waals surface area contributed by atoms with Crippen molar-refractivity contribution in [3.05, 3.63) is 42.2 Å². The van der Waals surface area contributed by atoms with Gasteiger partial charge in [0, 0.05) is 12.4 Å². The Morgan fingerprint density at radius 1 is 1.45 bits per heavy atom. The van der Waals surface area contributed by atoms with Crippen molar-refractivity contribution in [3.63, 3.8) is 0 Å². The second-order valence-corrected chi connectivity index (χ2v) is 2.22. The number of allylic oxidation sites excluding steroid dienone is 1. The Balaban J connectivity index is 2.45. The second-order valence-electron chi connectivity index (χ2n) is 2.22. The fourth-order valence-corrected chi connectivity index (χ4v) is 0.813. The molecule has 0 fully saturated rings. The quantitative estimate of drug-likeness (QED) is 0.654. The Labute approximate surface area is 66.2 Å². The van der Waals surface area contributed by atoms with Gasteiger partial charge in [0.1, 0.15) is 0 Å². The number of pyridine rings is 1. The summed E-state index contributed by atoms with van der Waals surface area (Å²) in [6, 6.07) is 3.91. The summed E-state index contributed by atoms with van der Waals surface area (Å²) in [5, 5.41) is 8.44. The standard InChI is InChI=1S/C9H11NO/c11-7-2-1-4-9-5-3-6-10-8-9/h1-3,5-6,8,11H,4,7H2. The number of aliphatic hydroxyl groups is 1. The molecular formula is C9H11NO. The van der Waals surface area contributed by atoms with Crippen LogP contribution in [0.3, 0.4) is 0 Å². The summed E-state index contributed by atoms with van der Waals surface area (Å²) in [6.07, 6.45) is 8.07. The minimum absolute atomic E-state index is 0.111. The van der Waals surface area contributed by atoms with Crippen molar-refractivity contribution in [1.29, 1.82) is 0 Å². The maximum absolute atomic E-state index is 8.44. The van der Waals surface area contributed by atoms with Crippen molar-refractivity contribution in [1.82, 2.24) is 4.98 Å². The molecule has 0 aliphatic carbocycles. The Bertz CT molecular complexity index is 218. The summed E-state index contributed by atoms with van der Waals surface area (Å²) in [7, 11) is 0. The van der Waals surface area contributed by atoms with Crippen LogP contribution in [-0.2, 0) is 6.42 Å². The van der Waals surface area contributed by atoms with Crippen molar-refractivity contribution in [2.45, 2.75) is 6.42 Å². The normalized spacial score (nSPS) is 10.6. The number of aliphatic hydroxyl groups excluding tert-OH is 1. The fourth-order valence-electron chi connectivity index (χ4n) is 0.813. The molecular weight excluding hydrogens is 138 g/mol. The summed E-state index contributed by atoms with van der Waals surface area (Å²) >= 11 is 0. The Morgan fingerprint density at radius 2 is 2.36 bits per heavy atom. The molecule has 0 saturated carbocycles. The van der Waals surface area contributed by atoms with E-state index in [1.165, 1.54) is 0 Å². The molecule has 1 rings (SSSR count). The van der Waals surface area contributed by atoms with E-state index in [1.54, 1.807) is 12.3 Å².